The standard InChI is InChI=1S/C10H19N3O/c1-9(2,3)13-4-6-7(5-13)10(6,12)8(11)14/h6-7H,4-5,12H2,1-3H3,(H2,11,14)/t6-,7+,10?. The van der Waals surface area contributed by atoms with Gasteiger partial charge < -0.3 is 11.5 Å². The third kappa shape index (κ3) is 1.10. The molecule has 14 heavy (non-hydrogen) atoms. The lowest BCUT2D eigenvalue weighted by Gasteiger charge is -2.34. The van der Waals surface area contributed by atoms with Gasteiger partial charge in [0.25, 0.3) is 0 Å². The van der Waals surface area contributed by atoms with E-state index in [1.165, 1.54) is 0 Å². The second-order valence-electron chi connectivity index (χ2n) is 5.59. The summed E-state index contributed by atoms with van der Waals surface area (Å²) in [4.78, 5) is 13.5. The van der Waals surface area contributed by atoms with Gasteiger partial charge in [-0.2, -0.15) is 0 Å². The molecule has 1 aliphatic carbocycles. The minimum absolute atomic E-state index is 0.173. The van der Waals surface area contributed by atoms with E-state index in [2.05, 4.69) is 25.7 Å². The highest BCUT2D eigenvalue weighted by atomic mass is 16.1. The van der Waals surface area contributed by atoms with Crippen molar-refractivity contribution >= 4 is 5.91 Å². The van der Waals surface area contributed by atoms with Crippen molar-refractivity contribution in [3.8, 4) is 0 Å². The lowest BCUT2D eigenvalue weighted by Crippen LogP contribution is -2.51. The second kappa shape index (κ2) is 2.49. The molecule has 4 N–H and O–H groups in total. The third-order valence-corrected chi connectivity index (χ3v) is 3.81. The summed E-state index contributed by atoms with van der Waals surface area (Å²) in [5, 5.41) is 0. The van der Waals surface area contributed by atoms with E-state index in [4.69, 9.17) is 11.5 Å². The fourth-order valence-corrected chi connectivity index (χ4v) is 2.58. The van der Waals surface area contributed by atoms with Gasteiger partial charge in [0.2, 0.25) is 5.91 Å². The predicted octanol–water partition coefficient (Wildman–Crippen LogP) is -0.471. The molecular formula is C10H19N3O. The maximum Gasteiger partial charge on any atom is 0.238 e. The van der Waals surface area contributed by atoms with Crippen molar-refractivity contribution in [1.29, 1.82) is 0 Å². The molecule has 80 valence electrons. The zero-order valence-corrected chi connectivity index (χ0v) is 9.08. The van der Waals surface area contributed by atoms with E-state index in [0.29, 0.717) is 11.8 Å². The fourth-order valence-electron chi connectivity index (χ4n) is 2.58. The molecule has 0 spiro atoms. The van der Waals surface area contributed by atoms with Crippen molar-refractivity contribution in [3.05, 3.63) is 0 Å². The Hall–Kier alpha value is -0.610. The van der Waals surface area contributed by atoms with E-state index in [-0.39, 0.29) is 11.4 Å². The molecule has 1 unspecified atom stereocenters. The zero-order valence-electron chi connectivity index (χ0n) is 9.08. The number of nitrogens with two attached hydrogens (primary N) is 2. The highest BCUT2D eigenvalue weighted by molar-refractivity contribution is 5.89. The summed E-state index contributed by atoms with van der Waals surface area (Å²) in [7, 11) is 0. The van der Waals surface area contributed by atoms with Crippen LogP contribution in [0.5, 0.6) is 0 Å². The SMILES string of the molecule is CC(C)(C)N1C[C@@H]2[C@H](C1)C2(N)C(N)=O. The Morgan fingerprint density at radius 3 is 2.07 bits per heavy atom. The quantitative estimate of drug-likeness (QED) is 0.597. The predicted molar refractivity (Wildman–Crippen MR) is 54.4 cm³/mol. The number of carbonyl (C=O) groups excluding carboxylic acids is 1. The van der Waals surface area contributed by atoms with Gasteiger partial charge in [0.1, 0.15) is 5.54 Å². The largest absolute Gasteiger partial charge is 0.368 e. The number of nitrogens with zero attached hydrogens (tertiary/aromatic N) is 1. The summed E-state index contributed by atoms with van der Waals surface area (Å²) < 4.78 is 0. The Morgan fingerprint density at radius 1 is 1.36 bits per heavy atom. The number of amides is 1. The van der Waals surface area contributed by atoms with E-state index < -0.39 is 5.54 Å². The normalized spacial score (nSPS) is 42.3. The molecule has 1 heterocycles. The number of rotatable bonds is 1. The summed E-state index contributed by atoms with van der Waals surface area (Å²) >= 11 is 0. The molecule has 0 aromatic rings. The number of likely N-dealkylation sites (tertiary alicyclic amines) is 1. The van der Waals surface area contributed by atoms with Crippen LogP contribution in [0.1, 0.15) is 20.8 Å². The second-order valence-corrected chi connectivity index (χ2v) is 5.59. The Labute approximate surface area is 84.6 Å². The molecule has 4 heteroatoms. The van der Waals surface area contributed by atoms with Crippen LogP contribution in [0, 0.1) is 11.8 Å². The van der Waals surface area contributed by atoms with Crippen molar-refractivity contribution in [1.82, 2.24) is 4.90 Å². The molecule has 3 atom stereocenters. The monoisotopic (exact) mass is 197 g/mol. The number of primary amides is 1. The Balaban J connectivity index is 2.03. The first-order valence-electron chi connectivity index (χ1n) is 5.11. The first-order valence-corrected chi connectivity index (χ1v) is 5.11. The topological polar surface area (TPSA) is 72.3 Å². The van der Waals surface area contributed by atoms with Crippen LogP contribution < -0.4 is 11.5 Å². The van der Waals surface area contributed by atoms with Gasteiger partial charge in [-0.1, -0.05) is 0 Å². The first kappa shape index (κ1) is 9.93. The number of fused-ring (bicyclic) bond motifs is 1. The zero-order chi connectivity index (χ0) is 10.7. The van der Waals surface area contributed by atoms with Crippen LogP contribution >= 0.6 is 0 Å². The number of hydrogen-bond acceptors (Lipinski definition) is 3. The number of carbonyl (C=O) groups is 1. The molecule has 2 aliphatic rings. The molecule has 4 nitrogen and oxygen atoms in total. The van der Waals surface area contributed by atoms with Gasteiger partial charge >= 0.3 is 0 Å². The first-order chi connectivity index (χ1) is 6.28. The molecule has 0 bridgehead atoms. The molecule has 0 radical (unpaired) electrons. The minimum atomic E-state index is -0.693. The van der Waals surface area contributed by atoms with Crippen molar-refractivity contribution < 1.29 is 4.79 Å². The highest BCUT2D eigenvalue weighted by Crippen LogP contribution is 2.54. The minimum Gasteiger partial charge on any atom is -0.368 e. The summed E-state index contributed by atoms with van der Waals surface area (Å²) in [6, 6.07) is 0. The fraction of sp³-hybridized carbons (Fsp3) is 0.900. The van der Waals surface area contributed by atoms with E-state index in [9.17, 15) is 4.79 Å². The average molecular weight is 197 g/mol. The van der Waals surface area contributed by atoms with Crippen LogP contribution in [0.3, 0.4) is 0 Å². The van der Waals surface area contributed by atoms with Crippen LogP contribution in [0.15, 0.2) is 0 Å². The van der Waals surface area contributed by atoms with Crippen LogP contribution in [0.25, 0.3) is 0 Å². The van der Waals surface area contributed by atoms with Crippen molar-refractivity contribution in [2.45, 2.75) is 31.8 Å². The van der Waals surface area contributed by atoms with Crippen LogP contribution in [-0.4, -0.2) is 35.0 Å². The maximum atomic E-state index is 11.1. The molecule has 1 saturated carbocycles. The van der Waals surface area contributed by atoms with Gasteiger partial charge in [-0.3, -0.25) is 9.69 Å². The number of piperidine rings is 1. The Kier molecular flexibility index (Phi) is 1.77. The van der Waals surface area contributed by atoms with Crippen LogP contribution in [0.2, 0.25) is 0 Å². The van der Waals surface area contributed by atoms with E-state index in [1.54, 1.807) is 0 Å². The summed E-state index contributed by atoms with van der Waals surface area (Å²) in [5.74, 6) is 0.250. The molecule has 2 rings (SSSR count). The molecule has 0 aromatic carbocycles. The molecule has 1 amide bonds. The number of hydrogen-bond donors (Lipinski definition) is 2. The van der Waals surface area contributed by atoms with Crippen molar-refractivity contribution in [2.75, 3.05) is 13.1 Å². The van der Waals surface area contributed by atoms with Gasteiger partial charge in [0, 0.05) is 30.5 Å². The van der Waals surface area contributed by atoms with E-state index in [1.807, 2.05) is 0 Å². The molecule has 2 fully saturated rings. The third-order valence-electron chi connectivity index (χ3n) is 3.81. The lowest BCUT2D eigenvalue weighted by molar-refractivity contribution is -0.121. The Bertz CT molecular complexity index is 270. The smallest absolute Gasteiger partial charge is 0.238 e. The molecule has 1 saturated heterocycles. The van der Waals surface area contributed by atoms with Gasteiger partial charge in [-0.15, -0.1) is 0 Å². The van der Waals surface area contributed by atoms with Gasteiger partial charge in [0.05, 0.1) is 0 Å². The summed E-state index contributed by atoms with van der Waals surface area (Å²) in [6.45, 7) is 8.36. The maximum absolute atomic E-state index is 11.1. The summed E-state index contributed by atoms with van der Waals surface area (Å²) in [6.07, 6.45) is 0. The lowest BCUT2D eigenvalue weighted by atomic mass is 10.0. The van der Waals surface area contributed by atoms with Crippen molar-refractivity contribution in [3.63, 3.8) is 0 Å². The average Bonchev–Trinajstić information content (AvgIpc) is 2.46. The van der Waals surface area contributed by atoms with E-state index >= 15 is 0 Å². The van der Waals surface area contributed by atoms with Gasteiger partial charge in [-0.25, -0.2) is 0 Å². The molecular weight excluding hydrogens is 178 g/mol. The Morgan fingerprint density at radius 2 is 1.79 bits per heavy atom. The van der Waals surface area contributed by atoms with E-state index in [0.717, 1.165) is 13.1 Å². The molecule has 1 aliphatic heterocycles. The van der Waals surface area contributed by atoms with Gasteiger partial charge in [0.15, 0.2) is 0 Å². The van der Waals surface area contributed by atoms with Crippen LogP contribution in [0.4, 0.5) is 0 Å². The van der Waals surface area contributed by atoms with Gasteiger partial charge in [-0.05, 0) is 20.8 Å². The van der Waals surface area contributed by atoms with Crippen molar-refractivity contribution in [2.24, 2.45) is 23.3 Å². The summed E-state index contributed by atoms with van der Waals surface area (Å²) in [5.41, 5.74) is 10.7. The molecule has 0 aromatic heterocycles. The highest BCUT2D eigenvalue weighted by Gasteiger charge is 2.70. The van der Waals surface area contributed by atoms with Crippen LogP contribution in [-0.2, 0) is 4.79 Å².